The van der Waals surface area contributed by atoms with E-state index >= 15 is 0 Å². The van der Waals surface area contributed by atoms with Gasteiger partial charge in [-0.3, -0.25) is 4.79 Å². The number of nitrogens with zero attached hydrogens (tertiary/aromatic N) is 2. The summed E-state index contributed by atoms with van der Waals surface area (Å²) in [5.74, 6) is -0.106. The molecule has 22 heavy (non-hydrogen) atoms. The fourth-order valence-corrected chi connectivity index (χ4v) is 2.93. The van der Waals surface area contributed by atoms with Gasteiger partial charge in [0.05, 0.1) is 11.0 Å². The van der Waals surface area contributed by atoms with Gasteiger partial charge in [-0.2, -0.15) is 0 Å². The van der Waals surface area contributed by atoms with Gasteiger partial charge in [0, 0.05) is 11.0 Å². The predicted octanol–water partition coefficient (Wildman–Crippen LogP) is 3.77. The van der Waals surface area contributed by atoms with Crippen LogP contribution in [0.15, 0.2) is 53.0 Å². The molecule has 0 aliphatic carbocycles. The summed E-state index contributed by atoms with van der Waals surface area (Å²) < 4.78 is 2.69. The highest BCUT2D eigenvalue weighted by molar-refractivity contribution is 9.10. The van der Waals surface area contributed by atoms with Crippen LogP contribution in [0.4, 0.5) is 0 Å². The Morgan fingerprint density at radius 3 is 2.86 bits per heavy atom. The Hall–Kier alpha value is -1.85. The summed E-state index contributed by atoms with van der Waals surface area (Å²) in [7, 11) is 0. The van der Waals surface area contributed by atoms with Crippen molar-refractivity contribution in [2.75, 3.05) is 0 Å². The fraction of sp³-hybridized carbons (Fsp3) is 0.125. The summed E-state index contributed by atoms with van der Waals surface area (Å²) in [6, 6.07) is 15.4. The van der Waals surface area contributed by atoms with E-state index in [0.717, 1.165) is 21.1 Å². The molecule has 1 N–H and O–H groups in total. The van der Waals surface area contributed by atoms with Crippen LogP contribution in [0, 0.1) is 0 Å². The summed E-state index contributed by atoms with van der Waals surface area (Å²) in [5, 5.41) is 3.21. The molecular weight excluding hydrogens is 366 g/mol. The second kappa shape index (κ2) is 6.50. The summed E-state index contributed by atoms with van der Waals surface area (Å²) in [6.07, 6.45) is 0. The summed E-state index contributed by atoms with van der Waals surface area (Å²) in [4.78, 5) is 16.4. The number of imidazole rings is 1. The van der Waals surface area contributed by atoms with Gasteiger partial charge in [0.1, 0.15) is 6.54 Å². The van der Waals surface area contributed by atoms with Crippen molar-refractivity contribution in [1.82, 2.24) is 14.9 Å². The third kappa shape index (κ3) is 3.31. The van der Waals surface area contributed by atoms with Crippen LogP contribution in [0.3, 0.4) is 0 Å². The van der Waals surface area contributed by atoms with E-state index in [0.29, 0.717) is 11.8 Å². The van der Waals surface area contributed by atoms with Gasteiger partial charge in [-0.1, -0.05) is 40.2 Å². The maximum Gasteiger partial charge on any atom is 0.240 e. The number of fused-ring (bicyclic) bond motifs is 1. The van der Waals surface area contributed by atoms with Crippen LogP contribution in [0.25, 0.3) is 11.0 Å². The first-order chi connectivity index (χ1) is 10.6. The highest BCUT2D eigenvalue weighted by Crippen LogP contribution is 2.19. The predicted molar refractivity (Wildman–Crippen MR) is 90.7 cm³/mol. The third-order valence-corrected chi connectivity index (χ3v) is 4.07. The molecule has 3 rings (SSSR count). The van der Waals surface area contributed by atoms with E-state index in [9.17, 15) is 4.79 Å². The first-order valence-electron chi connectivity index (χ1n) is 6.75. The molecule has 0 saturated carbocycles. The Kier molecular flexibility index (Phi) is 4.45. The monoisotopic (exact) mass is 377 g/mol. The smallest absolute Gasteiger partial charge is 0.240 e. The lowest BCUT2D eigenvalue weighted by molar-refractivity contribution is -0.121. The van der Waals surface area contributed by atoms with E-state index in [2.05, 4.69) is 26.2 Å². The number of benzene rings is 2. The SMILES string of the molecule is O=C(Cn1c(Cl)nc2ccccc21)NCc1cccc(Br)c1. The molecule has 0 radical (unpaired) electrons. The number of para-hydroxylation sites is 2. The first-order valence-corrected chi connectivity index (χ1v) is 7.92. The first kappa shape index (κ1) is 15.1. The van der Waals surface area contributed by atoms with E-state index in [1.54, 1.807) is 4.57 Å². The molecule has 1 amide bonds. The van der Waals surface area contributed by atoms with E-state index in [1.165, 1.54) is 0 Å². The van der Waals surface area contributed by atoms with Gasteiger partial charge in [-0.25, -0.2) is 4.98 Å². The number of carbonyl (C=O) groups excluding carboxylic acids is 1. The molecule has 0 saturated heterocycles. The van der Waals surface area contributed by atoms with Crippen molar-refractivity contribution in [2.24, 2.45) is 0 Å². The molecule has 0 bridgehead atoms. The van der Waals surface area contributed by atoms with Crippen molar-refractivity contribution in [1.29, 1.82) is 0 Å². The van der Waals surface area contributed by atoms with Crippen molar-refractivity contribution < 1.29 is 4.79 Å². The number of hydrogen-bond acceptors (Lipinski definition) is 2. The molecule has 1 aromatic heterocycles. The summed E-state index contributed by atoms with van der Waals surface area (Å²) in [6.45, 7) is 0.621. The average molecular weight is 379 g/mol. The quantitative estimate of drug-likeness (QED) is 0.751. The molecule has 4 nitrogen and oxygen atoms in total. The largest absolute Gasteiger partial charge is 0.350 e. The van der Waals surface area contributed by atoms with Crippen LogP contribution in [0.5, 0.6) is 0 Å². The molecule has 0 fully saturated rings. The third-order valence-electron chi connectivity index (χ3n) is 3.29. The molecule has 0 aliphatic heterocycles. The van der Waals surface area contributed by atoms with Crippen LogP contribution < -0.4 is 5.32 Å². The summed E-state index contributed by atoms with van der Waals surface area (Å²) in [5.41, 5.74) is 2.67. The van der Waals surface area contributed by atoms with Gasteiger partial charge in [0.25, 0.3) is 0 Å². The molecule has 112 valence electrons. The highest BCUT2D eigenvalue weighted by atomic mass is 79.9. The van der Waals surface area contributed by atoms with E-state index in [4.69, 9.17) is 11.6 Å². The van der Waals surface area contributed by atoms with Crippen LogP contribution in [0.1, 0.15) is 5.56 Å². The number of rotatable bonds is 4. The Bertz CT molecular complexity index is 831. The lowest BCUT2D eigenvalue weighted by Gasteiger charge is -2.08. The van der Waals surface area contributed by atoms with E-state index < -0.39 is 0 Å². The van der Waals surface area contributed by atoms with Crippen molar-refractivity contribution in [3.05, 3.63) is 63.9 Å². The Morgan fingerprint density at radius 1 is 1.23 bits per heavy atom. The summed E-state index contributed by atoms with van der Waals surface area (Å²) >= 11 is 9.53. The molecule has 2 aromatic carbocycles. The van der Waals surface area contributed by atoms with Gasteiger partial charge >= 0.3 is 0 Å². The minimum absolute atomic E-state index is 0.106. The van der Waals surface area contributed by atoms with E-state index in [1.807, 2.05) is 48.5 Å². The Balaban J connectivity index is 1.70. The van der Waals surface area contributed by atoms with E-state index in [-0.39, 0.29) is 12.5 Å². The zero-order valence-electron chi connectivity index (χ0n) is 11.6. The zero-order chi connectivity index (χ0) is 15.5. The molecular formula is C16H13BrClN3O. The number of aromatic nitrogens is 2. The molecule has 0 spiro atoms. The van der Waals surface area contributed by atoms with Crippen molar-refractivity contribution in [3.63, 3.8) is 0 Å². The Morgan fingerprint density at radius 2 is 2.05 bits per heavy atom. The van der Waals surface area contributed by atoms with Crippen molar-refractivity contribution in [3.8, 4) is 0 Å². The van der Waals surface area contributed by atoms with Crippen molar-refractivity contribution in [2.45, 2.75) is 13.1 Å². The van der Waals surface area contributed by atoms with Crippen LogP contribution in [0.2, 0.25) is 5.28 Å². The average Bonchev–Trinajstić information content (AvgIpc) is 2.81. The number of carbonyl (C=O) groups is 1. The second-order valence-corrected chi connectivity index (χ2v) is 6.12. The number of halogens is 2. The fourth-order valence-electron chi connectivity index (χ4n) is 2.24. The Labute approximate surface area is 141 Å². The number of hydrogen-bond donors (Lipinski definition) is 1. The van der Waals surface area contributed by atoms with Gasteiger partial charge in [-0.15, -0.1) is 0 Å². The normalized spacial score (nSPS) is 10.8. The van der Waals surface area contributed by atoms with Gasteiger partial charge in [-0.05, 0) is 41.4 Å². The maximum atomic E-state index is 12.1. The van der Waals surface area contributed by atoms with Crippen molar-refractivity contribution >= 4 is 44.5 Å². The van der Waals surface area contributed by atoms with Gasteiger partial charge < -0.3 is 9.88 Å². The van der Waals surface area contributed by atoms with Crippen LogP contribution >= 0.6 is 27.5 Å². The van der Waals surface area contributed by atoms with Gasteiger partial charge in [0.15, 0.2) is 0 Å². The molecule has 3 aromatic rings. The lowest BCUT2D eigenvalue weighted by atomic mass is 10.2. The molecule has 1 heterocycles. The number of nitrogens with one attached hydrogen (secondary N) is 1. The highest BCUT2D eigenvalue weighted by Gasteiger charge is 2.11. The maximum absolute atomic E-state index is 12.1. The zero-order valence-corrected chi connectivity index (χ0v) is 13.9. The van der Waals surface area contributed by atoms with Gasteiger partial charge in [0.2, 0.25) is 11.2 Å². The molecule has 0 atom stereocenters. The van der Waals surface area contributed by atoms with Crippen LogP contribution in [-0.4, -0.2) is 15.5 Å². The number of amides is 1. The topological polar surface area (TPSA) is 46.9 Å². The molecule has 6 heteroatoms. The van der Waals surface area contributed by atoms with Crippen LogP contribution in [-0.2, 0) is 17.9 Å². The standard InChI is InChI=1S/C16H13BrClN3O/c17-12-5-3-4-11(8-12)9-19-15(22)10-21-14-7-2-1-6-13(14)20-16(21)18/h1-8H,9-10H2,(H,19,22). The lowest BCUT2D eigenvalue weighted by Crippen LogP contribution is -2.27. The second-order valence-electron chi connectivity index (χ2n) is 4.86. The minimum Gasteiger partial charge on any atom is -0.350 e. The molecule has 0 aliphatic rings. The minimum atomic E-state index is -0.106. The molecule has 0 unspecified atom stereocenters.